The van der Waals surface area contributed by atoms with Gasteiger partial charge in [0.05, 0.1) is 5.36 Å². The molecule has 3 aliphatic rings. The number of unbranched alkanes of at least 4 members (excludes halogenated alkanes) is 2. The Morgan fingerprint density at radius 3 is 2.44 bits per heavy atom. The summed E-state index contributed by atoms with van der Waals surface area (Å²) < 4.78 is 6.35. The molecular formula is C35H38N4O6. The Labute approximate surface area is 261 Å². The zero-order valence-electron chi connectivity index (χ0n) is 26.1. The first kappa shape index (κ1) is 31.4. The molecule has 234 valence electrons. The molecule has 5 rings (SSSR count). The van der Waals surface area contributed by atoms with E-state index in [4.69, 9.17) is 14.7 Å². The number of carbonyl (C=O) groups is 4. The summed E-state index contributed by atoms with van der Waals surface area (Å²) in [5.74, 6) is -1.17. The first-order valence-corrected chi connectivity index (χ1v) is 15.3. The summed E-state index contributed by atoms with van der Waals surface area (Å²) in [7, 11) is 1.76. The maximum absolute atomic E-state index is 13.9. The number of hydrogen-bond donors (Lipinski definition) is 2. The van der Waals surface area contributed by atoms with Crippen LogP contribution in [0.25, 0.3) is 33.4 Å². The van der Waals surface area contributed by atoms with E-state index in [2.05, 4.69) is 11.4 Å². The van der Waals surface area contributed by atoms with Gasteiger partial charge in [0.2, 0.25) is 0 Å². The number of fused-ring (bicyclic) bond motifs is 2. The van der Waals surface area contributed by atoms with Crippen LogP contribution in [0.2, 0.25) is 0 Å². The van der Waals surface area contributed by atoms with Gasteiger partial charge in [0.15, 0.2) is 0 Å². The molecule has 2 aliphatic heterocycles. The number of carbonyl (C=O) groups excluding carboxylic acids is 4. The molecule has 2 N–H and O–H groups in total. The van der Waals surface area contributed by atoms with Gasteiger partial charge >= 0.3 is 5.97 Å². The highest BCUT2D eigenvalue weighted by Crippen LogP contribution is 2.43. The largest absolute Gasteiger partial charge is 0.456 e. The van der Waals surface area contributed by atoms with Crippen LogP contribution in [0.5, 0.6) is 0 Å². The topological polar surface area (TPSA) is 133 Å². The van der Waals surface area contributed by atoms with Crippen LogP contribution < -0.4 is 10.7 Å². The van der Waals surface area contributed by atoms with Crippen molar-refractivity contribution in [2.75, 3.05) is 25.5 Å². The van der Waals surface area contributed by atoms with Crippen LogP contribution in [-0.4, -0.2) is 53.8 Å². The molecule has 45 heavy (non-hydrogen) atoms. The summed E-state index contributed by atoms with van der Waals surface area (Å²) >= 11 is 0. The number of rotatable bonds is 11. The van der Waals surface area contributed by atoms with Crippen molar-refractivity contribution in [1.82, 2.24) is 9.96 Å². The lowest BCUT2D eigenvalue weighted by atomic mass is 9.89. The van der Waals surface area contributed by atoms with E-state index in [0.717, 1.165) is 45.4 Å². The van der Waals surface area contributed by atoms with Gasteiger partial charge in [-0.15, -0.1) is 5.06 Å². The maximum atomic E-state index is 13.9. The number of hydroxylamine groups is 2. The van der Waals surface area contributed by atoms with Gasteiger partial charge in [-0.3, -0.25) is 14.4 Å². The van der Waals surface area contributed by atoms with Crippen molar-refractivity contribution in [1.29, 1.82) is 5.41 Å². The van der Waals surface area contributed by atoms with Crippen LogP contribution in [0.15, 0.2) is 52.9 Å². The van der Waals surface area contributed by atoms with Gasteiger partial charge in [-0.25, -0.2) is 4.79 Å². The van der Waals surface area contributed by atoms with E-state index >= 15 is 0 Å². The molecule has 2 aromatic rings. The van der Waals surface area contributed by atoms with Gasteiger partial charge in [-0.1, -0.05) is 24.6 Å². The lowest BCUT2D eigenvalue weighted by Crippen LogP contribution is -2.32. The minimum absolute atomic E-state index is 0.0599. The van der Waals surface area contributed by atoms with Crippen LogP contribution in [-0.2, 0) is 19.2 Å². The third-order valence-corrected chi connectivity index (χ3v) is 8.13. The van der Waals surface area contributed by atoms with Gasteiger partial charge in [-0.05, 0) is 68.5 Å². The van der Waals surface area contributed by atoms with Crippen LogP contribution in [0.3, 0.4) is 0 Å². The van der Waals surface area contributed by atoms with Crippen molar-refractivity contribution in [2.24, 2.45) is 0 Å². The van der Waals surface area contributed by atoms with E-state index in [-0.39, 0.29) is 25.2 Å². The molecule has 0 radical (unpaired) electrons. The lowest BCUT2D eigenvalue weighted by molar-refractivity contribution is -0.197. The average Bonchev–Trinajstić information content (AvgIpc) is 3.33. The quantitative estimate of drug-likeness (QED) is 0.121. The molecule has 1 aliphatic carbocycles. The van der Waals surface area contributed by atoms with E-state index in [1.54, 1.807) is 18.0 Å². The molecule has 0 aromatic heterocycles. The highest BCUT2D eigenvalue weighted by Gasteiger charge is 2.32. The standard InChI is InChI=1S/C35H38N4O6/c1-5-37-28-20-30-26(18-22(28)3)34(25-17-21(2)27(36)19-29(25)44-30)23-11-8-9-12-24(23)35(43)38(4)16-10-6-7-13-33(42)45-39-31(40)14-15-32(39)41/h8-9,11-12,17-20,36-37H,5-7,10,13-16H2,1-4H3. The minimum Gasteiger partial charge on any atom is -0.456 e. The Hall–Kier alpha value is -4.99. The molecule has 10 heteroatoms. The lowest BCUT2D eigenvalue weighted by Gasteiger charge is -2.22. The zero-order valence-corrected chi connectivity index (χ0v) is 26.1. The Morgan fingerprint density at radius 2 is 1.71 bits per heavy atom. The van der Waals surface area contributed by atoms with E-state index in [0.29, 0.717) is 53.1 Å². The maximum Gasteiger partial charge on any atom is 0.333 e. The Kier molecular flexibility index (Phi) is 9.32. The second kappa shape index (κ2) is 13.3. The third-order valence-electron chi connectivity index (χ3n) is 8.13. The second-order valence-corrected chi connectivity index (χ2v) is 11.5. The molecule has 0 saturated carbocycles. The van der Waals surface area contributed by atoms with Crippen LogP contribution in [0.4, 0.5) is 5.69 Å². The monoisotopic (exact) mass is 610 g/mol. The summed E-state index contributed by atoms with van der Waals surface area (Å²) in [5, 5.41) is 13.6. The van der Waals surface area contributed by atoms with Crippen LogP contribution in [0.1, 0.15) is 66.9 Å². The fourth-order valence-electron chi connectivity index (χ4n) is 5.67. The number of imide groups is 1. The van der Waals surface area contributed by atoms with Gasteiger partial charge in [0.1, 0.15) is 11.3 Å². The Morgan fingerprint density at radius 1 is 0.978 bits per heavy atom. The molecule has 0 unspecified atom stereocenters. The highest BCUT2D eigenvalue weighted by molar-refractivity contribution is 6.09. The summed E-state index contributed by atoms with van der Waals surface area (Å²) in [5.41, 5.74) is 6.53. The molecule has 0 bridgehead atoms. The molecule has 0 spiro atoms. The van der Waals surface area contributed by atoms with E-state index < -0.39 is 17.8 Å². The smallest absolute Gasteiger partial charge is 0.333 e. The first-order valence-electron chi connectivity index (χ1n) is 15.3. The van der Waals surface area contributed by atoms with Crippen molar-refractivity contribution in [3.8, 4) is 22.5 Å². The molecule has 0 atom stereocenters. The summed E-state index contributed by atoms with van der Waals surface area (Å²) in [6.45, 7) is 7.21. The van der Waals surface area contributed by atoms with Crippen molar-refractivity contribution < 1.29 is 28.4 Å². The molecule has 1 fully saturated rings. The highest BCUT2D eigenvalue weighted by atomic mass is 16.7. The third kappa shape index (κ3) is 6.60. The van der Waals surface area contributed by atoms with Crippen LogP contribution >= 0.6 is 0 Å². The van der Waals surface area contributed by atoms with Gasteiger partial charge in [0, 0.05) is 79.3 Å². The molecule has 2 heterocycles. The Balaban J connectivity index is 1.37. The number of anilines is 1. The molecule has 2 aromatic carbocycles. The van der Waals surface area contributed by atoms with E-state index in [1.807, 2.05) is 57.2 Å². The van der Waals surface area contributed by atoms with Crippen molar-refractivity contribution >= 4 is 40.3 Å². The van der Waals surface area contributed by atoms with Crippen LogP contribution in [0, 0.1) is 19.3 Å². The molecular weight excluding hydrogens is 572 g/mol. The number of nitrogens with zero attached hydrogens (tertiary/aromatic N) is 2. The average molecular weight is 611 g/mol. The van der Waals surface area contributed by atoms with E-state index in [9.17, 15) is 19.2 Å². The summed E-state index contributed by atoms with van der Waals surface area (Å²) in [6.07, 6.45) is 2.02. The number of nitrogens with one attached hydrogen (secondary N) is 2. The molecule has 10 nitrogen and oxygen atoms in total. The number of hydrogen-bond acceptors (Lipinski definition) is 8. The number of amides is 3. The predicted molar refractivity (Wildman–Crippen MR) is 170 cm³/mol. The second-order valence-electron chi connectivity index (χ2n) is 11.5. The predicted octanol–water partition coefficient (Wildman–Crippen LogP) is 5.97. The fraction of sp³-hybridized carbons (Fsp3) is 0.343. The summed E-state index contributed by atoms with van der Waals surface area (Å²) in [6, 6.07) is 15.3. The zero-order chi connectivity index (χ0) is 32.2. The van der Waals surface area contributed by atoms with Crippen molar-refractivity contribution in [3.63, 3.8) is 0 Å². The van der Waals surface area contributed by atoms with Gasteiger partial charge in [0.25, 0.3) is 17.7 Å². The van der Waals surface area contributed by atoms with Crippen molar-refractivity contribution in [3.05, 3.63) is 70.6 Å². The Bertz CT molecular complexity index is 1810. The summed E-state index contributed by atoms with van der Waals surface area (Å²) in [4.78, 5) is 55.9. The molecule has 1 saturated heterocycles. The SMILES string of the molecule is CCNc1cc2oc3cc(=N)c(C)cc-3c(-c3ccccc3C(=O)N(C)CCCCCC(=O)ON3C(=O)CCC3=O)c2cc1C. The van der Waals surface area contributed by atoms with Crippen molar-refractivity contribution in [2.45, 2.75) is 59.3 Å². The fourth-order valence-corrected chi connectivity index (χ4v) is 5.67. The first-order chi connectivity index (χ1) is 21.6. The molecule has 3 amide bonds. The van der Waals surface area contributed by atoms with Gasteiger partial charge in [-0.2, -0.15) is 0 Å². The van der Waals surface area contributed by atoms with Gasteiger partial charge < -0.3 is 24.9 Å². The number of benzene rings is 3. The number of aryl methyl sites for hydroxylation is 2. The minimum atomic E-state index is -0.619. The van der Waals surface area contributed by atoms with E-state index in [1.165, 1.54) is 0 Å². The normalized spacial score (nSPS) is 13.1.